The third-order valence-corrected chi connectivity index (χ3v) is 4.53. The molecule has 1 fully saturated rings. The molecule has 0 saturated heterocycles. The SMILES string of the molecule is CC1(C)CC(C)(C)CC(O)(Cc2cccs2)C1. The van der Waals surface area contributed by atoms with Gasteiger partial charge in [0.05, 0.1) is 5.60 Å². The number of hydrogen-bond acceptors (Lipinski definition) is 2. The second-order valence-corrected chi connectivity index (χ2v) is 8.37. The lowest BCUT2D eigenvalue weighted by atomic mass is 9.59. The minimum Gasteiger partial charge on any atom is -0.389 e. The smallest absolute Gasteiger partial charge is 0.0706 e. The standard InChI is InChI=1S/C15H24OS/c1-13(2)9-14(3,4)11-15(16,10-13)8-12-6-5-7-17-12/h5-7,16H,8-11H2,1-4H3. The van der Waals surface area contributed by atoms with E-state index in [9.17, 15) is 5.11 Å². The molecule has 0 aliphatic heterocycles. The van der Waals surface area contributed by atoms with Crippen molar-refractivity contribution in [2.45, 2.75) is 59.0 Å². The van der Waals surface area contributed by atoms with Crippen LogP contribution in [-0.2, 0) is 6.42 Å². The Labute approximate surface area is 109 Å². The third kappa shape index (κ3) is 3.32. The Bertz CT molecular complexity index is 360. The van der Waals surface area contributed by atoms with Crippen molar-refractivity contribution in [2.75, 3.05) is 0 Å². The number of rotatable bonds is 2. The van der Waals surface area contributed by atoms with Gasteiger partial charge < -0.3 is 5.11 Å². The Morgan fingerprint density at radius 2 is 1.71 bits per heavy atom. The van der Waals surface area contributed by atoms with Crippen LogP contribution in [0.2, 0.25) is 0 Å². The Hall–Kier alpha value is -0.340. The van der Waals surface area contributed by atoms with Crippen molar-refractivity contribution >= 4 is 11.3 Å². The molecule has 1 aliphatic rings. The van der Waals surface area contributed by atoms with Gasteiger partial charge >= 0.3 is 0 Å². The van der Waals surface area contributed by atoms with Crippen LogP contribution >= 0.6 is 11.3 Å². The Balaban J connectivity index is 2.18. The van der Waals surface area contributed by atoms with Gasteiger partial charge in [-0.1, -0.05) is 33.8 Å². The third-order valence-electron chi connectivity index (χ3n) is 3.66. The molecule has 1 aliphatic carbocycles. The highest BCUT2D eigenvalue weighted by atomic mass is 32.1. The Kier molecular flexibility index (Phi) is 3.16. The van der Waals surface area contributed by atoms with Gasteiger partial charge in [-0.25, -0.2) is 0 Å². The molecule has 96 valence electrons. The first-order valence-electron chi connectivity index (χ1n) is 6.45. The van der Waals surface area contributed by atoms with E-state index >= 15 is 0 Å². The van der Waals surface area contributed by atoms with Gasteiger partial charge in [0, 0.05) is 11.3 Å². The van der Waals surface area contributed by atoms with Crippen LogP contribution in [0.15, 0.2) is 17.5 Å². The van der Waals surface area contributed by atoms with Gasteiger partial charge in [-0.3, -0.25) is 0 Å². The largest absolute Gasteiger partial charge is 0.389 e. The van der Waals surface area contributed by atoms with Gasteiger partial charge in [-0.15, -0.1) is 11.3 Å². The minimum absolute atomic E-state index is 0.244. The molecule has 1 N–H and O–H groups in total. The van der Waals surface area contributed by atoms with Gasteiger partial charge in [-0.05, 0) is 41.5 Å². The molecule has 0 spiro atoms. The summed E-state index contributed by atoms with van der Waals surface area (Å²) < 4.78 is 0. The highest BCUT2D eigenvalue weighted by Crippen LogP contribution is 2.51. The predicted molar refractivity (Wildman–Crippen MR) is 74.4 cm³/mol. The van der Waals surface area contributed by atoms with E-state index < -0.39 is 5.60 Å². The molecule has 0 aromatic carbocycles. The molecule has 1 heterocycles. The summed E-state index contributed by atoms with van der Waals surface area (Å²) in [4.78, 5) is 1.31. The van der Waals surface area contributed by atoms with E-state index in [0.29, 0.717) is 0 Å². The van der Waals surface area contributed by atoms with Gasteiger partial charge in [-0.2, -0.15) is 0 Å². The lowest BCUT2D eigenvalue weighted by Crippen LogP contribution is -2.47. The first-order valence-corrected chi connectivity index (χ1v) is 7.33. The first-order chi connectivity index (χ1) is 7.70. The van der Waals surface area contributed by atoms with E-state index in [2.05, 4.69) is 45.2 Å². The molecule has 1 nitrogen and oxygen atoms in total. The van der Waals surface area contributed by atoms with Gasteiger partial charge in [0.25, 0.3) is 0 Å². The fraction of sp³-hybridized carbons (Fsp3) is 0.733. The molecule has 2 heteroatoms. The highest BCUT2D eigenvalue weighted by molar-refractivity contribution is 7.09. The van der Waals surface area contributed by atoms with Gasteiger partial charge in [0.2, 0.25) is 0 Å². The van der Waals surface area contributed by atoms with E-state index in [1.807, 2.05) is 0 Å². The van der Waals surface area contributed by atoms with Crippen molar-refractivity contribution in [1.82, 2.24) is 0 Å². The number of hydrogen-bond donors (Lipinski definition) is 1. The summed E-state index contributed by atoms with van der Waals surface area (Å²) in [6.07, 6.45) is 3.85. The lowest BCUT2D eigenvalue weighted by molar-refractivity contribution is -0.0846. The number of thiophene rings is 1. The summed E-state index contributed by atoms with van der Waals surface area (Å²) in [5.74, 6) is 0. The molecule has 17 heavy (non-hydrogen) atoms. The van der Waals surface area contributed by atoms with E-state index in [4.69, 9.17) is 0 Å². The van der Waals surface area contributed by atoms with Crippen LogP contribution in [0.4, 0.5) is 0 Å². The van der Waals surface area contributed by atoms with Crippen molar-refractivity contribution < 1.29 is 5.11 Å². The summed E-state index contributed by atoms with van der Waals surface area (Å²) >= 11 is 1.76. The predicted octanol–water partition coefficient (Wildman–Crippen LogP) is 4.26. The van der Waals surface area contributed by atoms with Crippen molar-refractivity contribution in [1.29, 1.82) is 0 Å². The molecule has 2 rings (SSSR count). The molecule has 0 unspecified atom stereocenters. The van der Waals surface area contributed by atoms with Crippen molar-refractivity contribution in [3.8, 4) is 0 Å². The van der Waals surface area contributed by atoms with Crippen molar-refractivity contribution in [3.63, 3.8) is 0 Å². The van der Waals surface area contributed by atoms with Crippen LogP contribution in [0, 0.1) is 10.8 Å². The molecule has 1 aromatic rings. The summed E-state index contributed by atoms with van der Waals surface area (Å²) in [5.41, 5.74) is -0.0301. The molecule has 1 aromatic heterocycles. The van der Waals surface area contributed by atoms with Crippen molar-refractivity contribution in [3.05, 3.63) is 22.4 Å². The maximum Gasteiger partial charge on any atom is 0.0706 e. The summed E-state index contributed by atoms with van der Waals surface area (Å²) in [7, 11) is 0. The second kappa shape index (κ2) is 4.10. The normalized spacial score (nSPS) is 25.7. The molecule has 1 saturated carbocycles. The summed E-state index contributed by atoms with van der Waals surface area (Å²) in [6, 6.07) is 4.21. The zero-order valence-electron chi connectivity index (χ0n) is 11.4. The van der Waals surface area contributed by atoms with Crippen LogP contribution in [-0.4, -0.2) is 10.7 Å². The second-order valence-electron chi connectivity index (χ2n) is 7.34. The van der Waals surface area contributed by atoms with Crippen molar-refractivity contribution in [2.24, 2.45) is 10.8 Å². The zero-order valence-corrected chi connectivity index (χ0v) is 12.2. The molecule has 0 atom stereocenters. The van der Waals surface area contributed by atoms with Crippen LogP contribution in [0.25, 0.3) is 0 Å². The molecule has 0 amide bonds. The molecular weight excluding hydrogens is 228 g/mol. The van der Waals surface area contributed by atoms with E-state index in [1.54, 1.807) is 11.3 Å². The maximum atomic E-state index is 10.9. The van der Waals surface area contributed by atoms with Gasteiger partial charge in [0.1, 0.15) is 0 Å². The summed E-state index contributed by atoms with van der Waals surface area (Å²) in [6.45, 7) is 9.14. The molecule has 0 bridgehead atoms. The fourth-order valence-corrected chi connectivity index (χ4v) is 4.97. The highest BCUT2D eigenvalue weighted by Gasteiger charge is 2.46. The Morgan fingerprint density at radius 3 is 2.18 bits per heavy atom. The first kappa shape index (κ1) is 13.1. The number of aliphatic hydroxyl groups is 1. The summed E-state index contributed by atoms with van der Waals surface area (Å²) in [5, 5.41) is 13.0. The van der Waals surface area contributed by atoms with Crippen LogP contribution < -0.4 is 0 Å². The van der Waals surface area contributed by atoms with E-state index in [1.165, 1.54) is 11.3 Å². The topological polar surface area (TPSA) is 20.2 Å². The zero-order chi connectivity index (χ0) is 12.7. The lowest BCUT2D eigenvalue weighted by Gasteiger charge is -2.49. The van der Waals surface area contributed by atoms with Crippen LogP contribution in [0.1, 0.15) is 51.8 Å². The molecular formula is C15H24OS. The van der Waals surface area contributed by atoms with Crippen LogP contribution in [0.3, 0.4) is 0 Å². The quantitative estimate of drug-likeness (QED) is 0.834. The van der Waals surface area contributed by atoms with E-state index in [-0.39, 0.29) is 10.8 Å². The van der Waals surface area contributed by atoms with Crippen LogP contribution in [0.5, 0.6) is 0 Å². The van der Waals surface area contributed by atoms with E-state index in [0.717, 1.165) is 19.3 Å². The maximum absolute atomic E-state index is 10.9. The average Bonchev–Trinajstić information content (AvgIpc) is 2.47. The monoisotopic (exact) mass is 252 g/mol. The average molecular weight is 252 g/mol. The molecule has 0 radical (unpaired) electrons. The fourth-order valence-electron chi connectivity index (χ4n) is 4.13. The van der Waals surface area contributed by atoms with Gasteiger partial charge in [0.15, 0.2) is 0 Å². The Morgan fingerprint density at radius 1 is 1.12 bits per heavy atom. The minimum atomic E-state index is -0.518.